The molecule has 106 valence electrons. The molecule has 0 aliphatic carbocycles. The third-order valence-electron chi connectivity index (χ3n) is 3.49. The summed E-state index contributed by atoms with van der Waals surface area (Å²) in [5, 5.41) is 9.00. The highest BCUT2D eigenvalue weighted by Gasteiger charge is 2.40. The van der Waals surface area contributed by atoms with Gasteiger partial charge in [-0.05, 0) is 28.8 Å². The molecule has 2 aliphatic rings. The van der Waals surface area contributed by atoms with Crippen LogP contribution in [-0.4, -0.2) is 43.1 Å². The average molecular weight is 352 g/mol. The zero-order valence-corrected chi connectivity index (χ0v) is 12.5. The van der Waals surface area contributed by atoms with Crippen LogP contribution in [-0.2, 0) is 21.4 Å². The summed E-state index contributed by atoms with van der Waals surface area (Å²) in [5.74, 6) is 0.224. The highest BCUT2D eigenvalue weighted by Crippen LogP contribution is 2.33. The predicted octanol–water partition coefficient (Wildman–Crippen LogP) is 1.09. The van der Waals surface area contributed by atoms with E-state index in [1.54, 1.807) is 0 Å². The molecule has 0 amide bonds. The van der Waals surface area contributed by atoms with Crippen LogP contribution in [0.25, 0.3) is 0 Å². The summed E-state index contributed by atoms with van der Waals surface area (Å²) in [4.78, 5) is 0.0675. The summed E-state index contributed by atoms with van der Waals surface area (Å²) in [6.07, 6.45) is 1.81. The van der Waals surface area contributed by atoms with Crippen molar-refractivity contribution >= 4 is 26.0 Å². The van der Waals surface area contributed by atoms with Gasteiger partial charge in [-0.15, -0.1) is 0 Å². The summed E-state index contributed by atoms with van der Waals surface area (Å²) in [6.45, 7) is 0.429. The van der Waals surface area contributed by atoms with Gasteiger partial charge in [0.25, 0.3) is 0 Å². The molecule has 3 heterocycles. The largest absolute Gasteiger partial charge is 0.450 e. The molecular formula is C11H14BrNO5S. The molecule has 19 heavy (non-hydrogen) atoms. The second kappa shape index (κ2) is 4.85. The molecule has 1 aromatic rings. The van der Waals surface area contributed by atoms with Crippen LogP contribution in [0.4, 0.5) is 0 Å². The van der Waals surface area contributed by atoms with Gasteiger partial charge in [-0.2, -0.15) is 4.31 Å². The highest BCUT2D eigenvalue weighted by atomic mass is 79.9. The molecule has 0 saturated carbocycles. The van der Waals surface area contributed by atoms with Gasteiger partial charge in [0.15, 0.2) is 4.67 Å². The number of nitrogens with zero attached hydrogens (tertiary/aromatic N) is 1. The lowest BCUT2D eigenvalue weighted by atomic mass is 10.2. The van der Waals surface area contributed by atoms with E-state index in [-0.39, 0.29) is 34.1 Å². The standard InChI is InChI=1S/C11H14BrNO5S/c12-11-10(3-9(6-14)18-11)19(15,16)13-4-7-1-2-8(5-13)17-7/h3,7-8,14H,1-2,4-6H2. The SMILES string of the molecule is O=S(=O)(c1cc(CO)oc1Br)N1CC2CCC(C1)O2. The summed E-state index contributed by atoms with van der Waals surface area (Å²) in [6, 6.07) is 1.36. The average Bonchev–Trinajstić information content (AvgIpc) is 2.92. The molecule has 0 radical (unpaired) electrons. The van der Waals surface area contributed by atoms with Gasteiger partial charge in [0.2, 0.25) is 10.0 Å². The summed E-state index contributed by atoms with van der Waals surface area (Å²) < 4.78 is 37.5. The van der Waals surface area contributed by atoms with Crippen LogP contribution in [0.5, 0.6) is 0 Å². The topological polar surface area (TPSA) is 80.0 Å². The minimum atomic E-state index is -3.61. The Hall–Kier alpha value is -0.410. The van der Waals surface area contributed by atoms with Gasteiger partial charge in [-0.1, -0.05) is 0 Å². The number of sulfonamides is 1. The smallest absolute Gasteiger partial charge is 0.247 e. The maximum Gasteiger partial charge on any atom is 0.247 e. The van der Waals surface area contributed by atoms with Crippen molar-refractivity contribution in [1.29, 1.82) is 0 Å². The fraction of sp³-hybridized carbons (Fsp3) is 0.636. The Balaban J connectivity index is 1.91. The molecule has 2 aliphatic heterocycles. The van der Waals surface area contributed by atoms with Gasteiger partial charge in [-0.3, -0.25) is 0 Å². The molecule has 6 nitrogen and oxygen atoms in total. The van der Waals surface area contributed by atoms with Gasteiger partial charge in [0.1, 0.15) is 17.3 Å². The molecule has 2 bridgehead atoms. The third-order valence-corrected chi connectivity index (χ3v) is 6.18. The molecule has 1 aromatic heterocycles. The van der Waals surface area contributed by atoms with Gasteiger partial charge in [0.05, 0.1) is 12.2 Å². The Morgan fingerprint density at radius 2 is 2.00 bits per heavy atom. The van der Waals surface area contributed by atoms with Crippen molar-refractivity contribution in [1.82, 2.24) is 4.31 Å². The van der Waals surface area contributed by atoms with E-state index in [1.807, 2.05) is 0 Å². The second-order valence-electron chi connectivity index (χ2n) is 4.79. The Morgan fingerprint density at radius 3 is 2.53 bits per heavy atom. The van der Waals surface area contributed by atoms with Crippen molar-refractivity contribution in [2.24, 2.45) is 0 Å². The van der Waals surface area contributed by atoms with Crippen molar-refractivity contribution in [3.05, 3.63) is 16.5 Å². The van der Waals surface area contributed by atoms with Gasteiger partial charge in [-0.25, -0.2) is 8.42 Å². The lowest BCUT2D eigenvalue weighted by molar-refractivity contribution is -0.0114. The van der Waals surface area contributed by atoms with Crippen LogP contribution in [0.15, 0.2) is 20.0 Å². The quantitative estimate of drug-likeness (QED) is 0.881. The Bertz CT molecular complexity index is 572. The first-order valence-corrected chi connectivity index (χ1v) is 8.28. The third kappa shape index (κ3) is 2.36. The van der Waals surface area contributed by atoms with E-state index in [4.69, 9.17) is 14.3 Å². The van der Waals surface area contributed by atoms with Gasteiger partial charge < -0.3 is 14.3 Å². The van der Waals surface area contributed by atoms with E-state index in [0.717, 1.165) is 12.8 Å². The molecule has 2 saturated heterocycles. The van der Waals surface area contributed by atoms with Crippen molar-refractivity contribution < 1.29 is 22.7 Å². The number of fused-ring (bicyclic) bond motifs is 2. The second-order valence-corrected chi connectivity index (χ2v) is 7.41. The normalized spacial score (nSPS) is 27.9. The minimum Gasteiger partial charge on any atom is -0.450 e. The van der Waals surface area contributed by atoms with Crippen LogP contribution in [0, 0.1) is 0 Å². The van der Waals surface area contributed by atoms with Crippen molar-refractivity contribution in [2.75, 3.05) is 13.1 Å². The zero-order valence-electron chi connectivity index (χ0n) is 10.1. The zero-order chi connectivity index (χ0) is 13.6. The summed E-state index contributed by atoms with van der Waals surface area (Å²) in [7, 11) is -3.61. The van der Waals surface area contributed by atoms with Crippen LogP contribution < -0.4 is 0 Å². The predicted molar refractivity (Wildman–Crippen MR) is 69.0 cm³/mol. The molecule has 1 N–H and O–H groups in total. The molecule has 8 heteroatoms. The fourth-order valence-corrected chi connectivity index (χ4v) is 5.03. The highest BCUT2D eigenvalue weighted by molar-refractivity contribution is 9.10. The number of hydrogen-bond acceptors (Lipinski definition) is 5. The van der Waals surface area contributed by atoms with E-state index < -0.39 is 10.0 Å². The van der Waals surface area contributed by atoms with Crippen molar-refractivity contribution in [2.45, 2.75) is 36.6 Å². The number of hydrogen-bond donors (Lipinski definition) is 1. The number of aliphatic hydroxyl groups excluding tert-OH is 1. The van der Waals surface area contributed by atoms with E-state index in [9.17, 15) is 8.42 Å². The first-order valence-electron chi connectivity index (χ1n) is 6.05. The molecule has 0 aromatic carbocycles. The summed E-state index contributed by atoms with van der Waals surface area (Å²) >= 11 is 3.09. The summed E-state index contributed by atoms with van der Waals surface area (Å²) in [5.41, 5.74) is 0. The monoisotopic (exact) mass is 351 g/mol. The molecule has 0 spiro atoms. The van der Waals surface area contributed by atoms with Gasteiger partial charge in [0, 0.05) is 19.2 Å². The Labute approximate surface area is 119 Å². The Kier molecular flexibility index (Phi) is 3.46. The number of halogens is 1. The molecule has 2 unspecified atom stereocenters. The van der Waals surface area contributed by atoms with E-state index in [2.05, 4.69) is 15.9 Å². The molecule has 3 rings (SSSR count). The van der Waals surface area contributed by atoms with Crippen molar-refractivity contribution in [3.63, 3.8) is 0 Å². The number of aliphatic hydroxyl groups is 1. The fourth-order valence-electron chi connectivity index (χ4n) is 2.56. The van der Waals surface area contributed by atoms with Crippen LogP contribution in [0.3, 0.4) is 0 Å². The number of ether oxygens (including phenoxy) is 1. The van der Waals surface area contributed by atoms with E-state index >= 15 is 0 Å². The first-order chi connectivity index (χ1) is 9.00. The maximum atomic E-state index is 12.6. The van der Waals surface area contributed by atoms with Crippen LogP contribution >= 0.6 is 15.9 Å². The lowest BCUT2D eigenvalue weighted by Crippen LogP contribution is -2.45. The Morgan fingerprint density at radius 1 is 1.37 bits per heavy atom. The van der Waals surface area contributed by atoms with Crippen molar-refractivity contribution in [3.8, 4) is 0 Å². The number of morpholine rings is 1. The molecule has 2 atom stereocenters. The molecular weight excluding hydrogens is 338 g/mol. The van der Waals surface area contributed by atoms with Crippen LogP contribution in [0.2, 0.25) is 0 Å². The number of rotatable bonds is 3. The van der Waals surface area contributed by atoms with Gasteiger partial charge >= 0.3 is 0 Å². The van der Waals surface area contributed by atoms with E-state index in [0.29, 0.717) is 13.1 Å². The molecule has 2 fully saturated rings. The van der Waals surface area contributed by atoms with Crippen LogP contribution in [0.1, 0.15) is 18.6 Å². The number of furan rings is 1. The first kappa shape index (κ1) is 13.6. The lowest BCUT2D eigenvalue weighted by Gasteiger charge is -2.30. The van der Waals surface area contributed by atoms with E-state index in [1.165, 1.54) is 10.4 Å². The minimum absolute atomic E-state index is 0.00323. The maximum absolute atomic E-state index is 12.6.